The van der Waals surface area contributed by atoms with Gasteiger partial charge in [0.15, 0.2) is 5.96 Å². The molecule has 0 unspecified atom stereocenters. The standard InChI is InChI=1S/C22H30FN5S.HI/c1-2-24-22(26-13-16-29-21-8-6-18(23)7-9-21)27-19-10-14-28(15-11-19)17-20-5-3-4-12-25-20;/h3-9,12,19H,2,10-11,13-17H2,1H3,(H2,24,26,27);1H. The molecule has 30 heavy (non-hydrogen) atoms. The first kappa shape index (κ1) is 24.9. The van der Waals surface area contributed by atoms with Gasteiger partial charge in [-0.25, -0.2) is 4.39 Å². The molecule has 0 saturated carbocycles. The summed E-state index contributed by atoms with van der Waals surface area (Å²) in [6, 6.07) is 13.2. The highest BCUT2D eigenvalue weighted by molar-refractivity contribution is 14.0. The predicted molar refractivity (Wildman–Crippen MR) is 134 cm³/mol. The summed E-state index contributed by atoms with van der Waals surface area (Å²) in [6.45, 7) is 6.69. The molecule has 1 fully saturated rings. The molecule has 2 heterocycles. The van der Waals surface area contributed by atoms with Crippen molar-refractivity contribution >= 4 is 41.7 Å². The minimum Gasteiger partial charge on any atom is -0.357 e. The van der Waals surface area contributed by atoms with Crippen molar-refractivity contribution in [2.45, 2.75) is 37.2 Å². The van der Waals surface area contributed by atoms with Crippen molar-refractivity contribution in [1.82, 2.24) is 20.5 Å². The van der Waals surface area contributed by atoms with Gasteiger partial charge in [-0.15, -0.1) is 35.7 Å². The molecule has 0 amide bonds. The summed E-state index contributed by atoms with van der Waals surface area (Å²) in [7, 11) is 0. The number of hydrogen-bond donors (Lipinski definition) is 2. The molecule has 0 aliphatic carbocycles. The first-order chi connectivity index (χ1) is 14.2. The molecule has 0 spiro atoms. The first-order valence-corrected chi connectivity index (χ1v) is 11.3. The van der Waals surface area contributed by atoms with Gasteiger partial charge >= 0.3 is 0 Å². The summed E-state index contributed by atoms with van der Waals surface area (Å²) in [5.74, 6) is 1.55. The van der Waals surface area contributed by atoms with Crippen molar-refractivity contribution in [3.8, 4) is 0 Å². The first-order valence-electron chi connectivity index (χ1n) is 10.3. The van der Waals surface area contributed by atoms with Crippen LogP contribution in [0.3, 0.4) is 0 Å². The van der Waals surface area contributed by atoms with Crippen LogP contribution in [0.5, 0.6) is 0 Å². The molecule has 2 N–H and O–H groups in total. The van der Waals surface area contributed by atoms with Gasteiger partial charge in [-0.3, -0.25) is 14.9 Å². The molecule has 2 aromatic rings. The maximum atomic E-state index is 13.0. The van der Waals surface area contributed by atoms with E-state index in [9.17, 15) is 4.39 Å². The maximum Gasteiger partial charge on any atom is 0.191 e. The van der Waals surface area contributed by atoms with Crippen molar-refractivity contribution in [2.75, 3.05) is 31.9 Å². The Kier molecular flexibility index (Phi) is 11.5. The van der Waals surface area contributed by atoms with Crippen molar-refractivity contribution in [3.63, 3.8) is 0 Å². The Balaban J connectivity index is 0.00000320. The summed E-state index contributed by atoms with van der Waals surface area (Å²) in [4.78, 5) is 12.7. The summed E-state index contributed by atoms with van der Waals surface area (Å²) < 4.78 is 13.0. The fourth-order valence-electron chi connectivity index (χ4n) is 3.32. The van der Waals surface area contributed by atoms with Crippen molar-refractivity contribution in [2.24, 2.45) is 4.99 Å². The zero-order valence-corrected chi connectivity index (χ0v) is 20.5. The fraction of sp³-hybridized carbons (Fsp3) is 0.455. The smallest absolute Gasteiger partial charge is 0.191 e. The van der Waals surface area contributed by atoms with E-state index in [1.54, 1.807) is 11.8 Å². The maximum absolute atomic E-state index is 13.0. The molecule has 164 valence electrons. The molecule has 3 rings (SSSR count). The Bertz CT molecular complexity index is 752. The second-order valence-electron chi connectivity index (χ2n) is 7.08. The number of likely N-dealkylation sites (tertiary alicyclic amines) is 1. The van der Waals surface area contributed by atoms with E-state index in [2.05, 4.69) is 33.5 Å². The Hall–Kier alpha value is -1.39. The third-order valence-electron chi connectivity index (χ3n) is 4.83. The summed E-state index contributed by atoms with van der Waals surface area (Å²) in [5.41, 5.74) is 1.13. The fourth-order valence-corrected chi connectivity index (χ4v) is 4.07. The molecule has 5 nitrogen and oxygen atoms in total. The van der Waals surface area contributed by atoms with Crippen LogP contribution in [-0.2, 0) is 6.54 Å². The Morgan fingerprint density at radius 3 is 2.63 bits per heavy atom. The molecular weight excluding hydrogens is 512 g/mol. The number of pyridine rings is 1. The lowest BCUT2D eigenvalue weighted by Crippen LogP contribution is -2.48. The molecule has 1 aliphatic rings. The Labute approximate surface area is 200 Å². The van der Waals surface area contributed by atoms with E-state index >= 15 is 0 Å². The molecule has 0 radical (unpaired) electrons. The lowest BCUT2D eigenvalue weighted by Gasteiger charge is -2.32. The predicted octanol–water partition coefficient (Wildman–Crippen LogP) is 4.15. The van der Waals surface area contributed by atoms with Crippen LogP contribution in [0.25, 0.3) is 0 Å². The second-order valence-corrected chi connectivity index (χ2v) is 8.25. The van der Waals surface area contributed by atoms with E-state index in [4.69, 9.17) is 4.99 Å². The van der Waals surface area contributed by atoms with E-state index in [1.165, 1.54) is 12.1 Å². The second kappa shape index (κ2) is 13.8. The molecule has 1 aromatic carbocycles. The Morgan fingerprint density at radius 1 is 1.20 bits per heavy atom. The molecule has 8 heteroatoms. The third kappa shape index (κ3) is 8.77. The van der Waals surface area contributed by atoms with Gasteiger partial charge in [-0.1, -0.05) is 6.07 Å². The largest absolute Gasteiger partial charge is 0.357 e. The van der Waals surface area contributed by atoms with E-state index < -0.39 is 0 Å². The number of aromatic nitrogens is 1. The zero-order chi connectivity index (χ0) is 20.3. The van der Waals surface area contributed by atoms with Crippen LogP contribution in [0.15, 0.2) is 58.5 Å². The van der Waals surface area contributed by atoms with E-state index in [-0.39, 0.29) is 29.8 Å². The van der Waals surface area contributed by atoms with Crippen molar-refractivity contribution < 1.29 is 4.39 Å². The summed E-state index contributed by atoms with van der Waals surface area (Å²) >= 11 is 1.69. The number of benzene rings is 1. The van der Waals surface area contributed by atoms with Gasteiger partial charge in [-0.2, -0.15) is 0 Å². The number of nitrogens with one attached hydrogen (secondary N) is 2. The van der Waals surface area contributed by atoms with Gasteiger partial charge < -0.3 is 10.6 Å². The highest BCUT2D eigenvalue weighted by atomic mass is 127. The van der Waals surface area contributed by atoms with Crippen LogP contribution in [0.2, 0.25) is 0 Å². The van der Waals surface area contributed by atoms with E-state index in [0.29, 0.717) is 6.04 Å². The van der Waals surface area contributed by atoms with Gasteiger partial charge in [0.1, 0.15) is 5.82 Å². The number of guanidine groups is 1. The average molecular weight is 543 g/mol. The summed E-state index contributed by atoms with van der Waals surface area (Å²) in [6.07, 6.45) is 4.06. The van der Waals surface area contributed by atoms with E-state index in [1.807, 2.05) is 30.5 Å². The van der Waals surface area contributed by atoms with Gasteiger partial charge in [0.05, 0.1) is 12.2 Å². The minimum atomic E-state index is -0.197. The number of nitrogens with zero attached hydrogens (tertiary/aromatic N) is 3. The lowest BCUT2D eigenvalue weighted by molar-refractivity contribution is 0.196. The van der Waals surface area contributed by atoms with Crippen molar-refractivity contribution in [3.05, 3.63) is 60.2 Å². The molecule has 1 saturated heterocycles. The molecule has 1 aliphatic heterocycles. The number of piperidine rings is 1. The normalized spacial score (nSPS) is 15.5. The van der Waals surface area contributed by atoms with Gasteiger partial charge in [0.2, 0.25) is 0 Å². The zero-order valence-electron chi connectivity index (χ0n) is 17.4. The van der Waals surface area contributed by atoms with Gasteiger partial charge in [0.25, 0.3) is 0 Å². The quantitative estimate of drug-likeness (QED) is 0.172. The number of hydrogen-bond acceptors (Lipinski definition) is 4. The highest BCUT2D eigenvalue weighted by Crippen LogP contribution is 2.17. The minimum absolute atomic E-state index is 0. The van der Waals surface area contributed by atoms with Gasteiger partial charge in [-0.05, 0) is 56.2 Å². The lowest BCUT2D eigenvalue weighted by atomic mass is 10.0. The average Bonchev–Trinajstić information content (AvgIpc) is 2.75. The van der Waals surface area contributed by atoms with Crippen LogP contribution in [-0.4, -0.2) is 53.8 Å². The highest BCUT2D eigenvalue weighted by Gasteiger charge is 2.20. The monoisotopic (exact) mass is 543 g/mol. The van der Waals surface area contributed by atoms with Crippen LogP contribution < -0.4 is 10.6 Å². The van der Waals surface area contributed by atoms with Crippen LogP contribution in [0.4, 0.5) is 4.39 Å². The summed E-state index contributed by atoms with van der Waals surface area (Å²) in [5, 5.41) is 6.93. The van der Waals surface area contributed by atoms with Crippen LogP contribution >= 0.6 is 35.7 Å². The molecule has 0 bridgehead atoms. The Morgan fingerprint density at radius 2 is 1.97 bits per heavy atom. The van der Waals surface area contributed by atoms with E-state index in [0.717, 1.165) is 67.9 Å². The van der Waals surface area contributed by atoms with Crippen LogP contribution in [0.1, 0.15) is 25.5 Å². The number of thioether (sulfide) groups is 1. The number of rotatable bonds is 8. The third-order valence-corrected chi connectivity index (χ3v) is 5.82. The number of aliphatic imine (C=N–C) groups is 1. The van der Waals surface area contributed by atoms with Gasteiger partial charge in [0, 0.05) is 49.1 Å². The topological polar surface area (TPSA) is 52.6 Å². The molecule has 0 atom stereocenters. The van der Waals surface area contributed by atoms with Crippen LogP contribution in [0, 0.1) is 5.82 Å². The SMILES string of the molecule is CCNC(=NCCSc1ccc(F)cc1)NC1CCN(Cc2ccccn2)CC1.I. The van der Waals surface area contributed by atoms with Crippen molar-refractivity contribution in [1.29, 1.82) is 0 Å². The molecular formula is C22H31FIN5S. The number of halogens is 2. The molecule has 1 aromatic heterocycles.